The molecule has 4 rings (SSSR count). The van der Waals surface area contributed by atoms with Crippen LogP contribution in [0.25, 0.3) is 0 Å². The molecule has 0 unspecified atom stereocenters. The van der Waals surface area contributed by atoms with Crippen LogP contribution in [0.1, 0.15) is 27.9 Å². The molecule has 0 saturated carbocycles. The molecule has 4 aromatic rings. The van der Waals surface area contributed by atoms with Crippen molar-refractivity contribution in [1.29, 1.82) is 0 Å². The minimum Gasteiger partial charge on any atom is -0.467 e. The van der Waals surface area contributed by atoms with E-state index in [0.29, 0.717) is 13.1 Å². The molecule has 30 heavy (non-hydrogen) atoms. The minimum atomic E-state index is -0.302. The third kappa shape index (κ3) is 5.26. The second kappa shape index (κ2) is 10.1. The van der Waals surface area contributed by atoms with E-state index in [-0.39, 0.29) is 18.6 Å². The van der Waals surface area contributed by atoms with Gasteiger partial charge in [0.1, 0.15) is 18.5 Å². The standard InChI is InChI=1S/C25H23NO3S/c27-24(26(17-22-13-7-15-28-22)18-23-14-8-16-30-23)19-29-25(20-9-3-1-4-10-20)21-11-5-2-6-12-21/h1-16,25H,17-19H2. The maximum atomic E-state index is 13.1. The topological polar surface area (TPSA) is 42.7 Å². The monoisotopic (exact) mass is 417 g/mol. The van der Waals surface area contributed by atoms with E-state index >= 15 is 0 Å². The minimum absolute atomic E-state index is 0.0134. The van der Waals surface area contributed by atoms with Gasteiger partial charge in [0.05, 0.1) is 19.4 Å². The van der Waals surface area contributed by atoms with Gasteiger partial charge in [0, 0.05) is 4.88 Å². The third-order valence-corrected chi connectivity index (χ3v) is 5.65. The smallest absolute Gasteiger partial charge is 0.249 e. The van der Waals surface area contributed by atoms with Crippen LogP contribution in [0.15, 0.2) is 101 Å². The molecule has 2 aromatic heterocycles. The van der Waals surface area contributed by atoms with Gasteiger partial charge in [-0.25, -0.2) is 0 Å². The SMILES string of the molecule is O=C(COC(c1ccccc1)c1ccccc1)N(Cc1ccco1)Cc1cccs1. The van der Waals surface area contributed by atoms with E-state index < -0.39 is 0 Å². The van der Waals surface area contributed by atoms with Crippen LogP contribution >= 0.6 is 11.3 Å². The molecule has 0 N–H and O–H groups in total. The number of ether oxygens (including phenoxy) is 1. The quantitative estimate of drug-likeness (QED) is 0.352. The molecule has 5 heteroatoms. The van der Waals surface area contributed by atoms with Gasteiger partial charge in [-0.2, -0.15) is 0 Å². The molecule has 0 aliphatic rings. The highest BCUT2D eigenvalue weighted by Crippen LogP contribution is 2.26. The van der Waals surface area contributed by atoms with E-state index in [1.54, 1.807) is 22.5 Å². The Balaban J connectivity index is 1.50. The second-order valence-corrected chi connectivity index (χ2v) is 7.95. The first kappa shape index (κ1) is 20.1. The molecule has 152 valence electrons. The summed E-state index contributed by atoms with van der Waals surface area (Å²) in [6.07, 6.45) is 1.32. The number of rotatable bonds is 9. The molecule has 0 aliphatic heterocycles. The maximum absolute atomic E-state index is 13.1. The van der Waals surface area contributed by atoms with Gasteiger partial charge in [0.15, 0.2) is 0 Å². The zero-order valence-corrected chi connectivity index (χ0v) is 17.3. The van der Waals surface area contributed by atoms with Crippen molar-refractivity contribution in [3.63, 3.8) is 0 Å². The number of hydrogen-bond acceptors (Lipinski definition) is 4. The molecule has 4 nitrogen and oxygen atoms in total. The van der Waals surface area contributed by atoms with Crippen molar-refractivity contribution >= 4 is 17.2 Å². The molecule has 2 aromatic carbocycles. The average molecular weight is 418 g/mol. The van der Waals surface area contributed by atoms with Crippen molar-refractivity contribution in [3.8, 4) is 0 Å². The van der Waals surface area contributed by atoms with Gasteiger partial charge in [0.2, 0.25) is 5.91 Å². The summed E-state index contributed by atoms with van der Waals surface area (Å²) >= 11 is 1.63. The van der Waals surface area contributed by atoms with Gasteiger partial charge in [-0.3, -0.25) is 4.79 Å². The molecular formula is C25H23NO3S. The number of furan rings is 1. The van der Waals surface area contributed by atoms with E-state index in [0.717, 1.165) is 21.8 Å². The van der Waals surface area contributed by atoms with Crippen molar-refractivity contribution in [3.05, 3.63) is 118 Å². The first-order valence-corrected chi connectivity index (χ1v) is 10.7. The van der Waals surface area contributed by atoms with E-state index in [1.165, 1.54) is 0 Å². The van der Waals surface area contributed by atoms with Crippen LogP contribution in [0, 0.1) is 0 Å². The van der Waals surface area contributed by atoms with Gasteiger partial charge < -0.3 is 14.1 Å². The lowest BCUT2D eigenvalue weighted by Gasteiger charge is -2.24. The number of hydrogen-bond donors (Lipinski definition) is 0. The Labute approximate surface area is 180 Å². The Morgan fingerprint density at radius 1 is 0.867 bits per heavy atom. The van der Waals surface area contributed by atoms with Crippen molar-refractivity contribution in [2.75, 3.05) is 6.61 Å². The molecule has 0 radical (unpaired) electrons. The number of carbonyl (C=O) groups excluding carboxylic acids is 1. The summed E-state index contributed by atoms with van der Waals surface area (Å²) in [6.45, 7) is 0.927. The van der Waals surface area contributed by atoms with E-state index in [1.807, 2.05) is 90.3 Å². The van der Waals surface area contributed by atoms with E-state index in [2.05, 4.69) is 0 Å². The average Bonchev–Trinajstić information content (AvgIpc) is 3.49. The van der Waals surface area contributed by atoms with Crippen LogP contribution in [0.3, 0.4) is 0 Å². The number of benzene rings is 2. The first-order valence-electron chi connectivity index (χ1n) is 9.83. The van der Waals surface area contributed by atoms with Gasteiger partial charge in [-0.05, 0) is 34.7 Å². The predicted molar refractivity (Wildman–Crippen MR) is 118 cm³/mol. The van der Waals surface area contributed by atoms with Crippen molar-refractivity contribution in [1.82, 2.24) is 4.90 Å². The maximum Gasteiger partial charge on any atom is 0.249 e. The molecule has 0 fully saturated rings. The molecule has 0 atom stereocenters. The Bertz CT molecular complexity index is 939. The van der Waals surface area contributed by atoms with Crippen molar-refractivity contribution in [2.45, 2.75) is 19.2 Å². The summed E-state index contributed by atoms with van der Waals surface area (Å²) in [4.78, 5) is 16.0. The second-order valence-electron chi connectivity index (χ2n) is 6.92. The Hall–Kier alpha value is -3.15. The van der Waals surface area contributed by atoms with E-state index in [9.17, 15) is 4.79 Å². The lowest BCUT2D eigenvalue weighted by atomic mass is 10.0. The highest BCUT2D eigenvalue weighted by Gasteiger charge is 2.21. The fraction of sp³-hybridized carbons (Fsp3) is 0.160. The molecule has 0 spiro atoms. The first-order chi connectivity index (χ1) is 14.8. The summed E-state index contributed by atoms with van der Waals surface area (Å²) in [5, 5.41) is 2.02. The number of amides is 1. The fourth-order valence-electron chi connectivity index (χ4n) is 3.30. The normalized spacial score (nSPS) is 11.0. The highest BCUT2D eigenvalue weighted by molar-refractivity contribution is 7.09. The summed E-state index contributed by atoms with van der Waals surface area (Å²) in [6, 6.07) is 27.7. The molecule has 0 bridgehead atoms. The Morgan fingerprint density at radius 3 is 2.13 bits per heavy atom. The number of nitrogens with zero attached hydrogens (tertiary/aromatic N) is 1. The molecule has 0 saturated heterocycles. The van der Waals surface area contributed by atoms with Crippen molar-refractivity contribution < 1.29 is 13.9 Å². The van der Waals surface area contributed by atoms with Gasteiger partial charge in [-0.1, -0.05) is 66.7 Å². The van der Waals surface area contributed by atoms with Crippen LogP contribution in [-0.4, -0.2) is 17.4 Å². The van der Waals surface area contributed by atoms with Crippen LogP contribution < -0.4 is 0 Å². The summed E-state index contributed by atoms with van der Waals surface area (Å²) in [5.74, 6) is 0.680. The lowest BCUT2D eigenvalue weighted by molar-refractivity contribution is -0.139. The fourth-order valence-corrected chi connectivity index (χ4v) is 4.02. The summed E-state index contributed by atoms with van der Waals surface area (Å²) in [5.41, 5.74) is 2.04. The van der Waals surface area contributed by atoms with Crippen molar-refractivity contribution in [2.24, 2.45) is 0 Å². The van der Waals surface area contributed by atoms with Crippen LogP contribution in [0.5, 0.6) is 0 Å². The predicted octanol–water partition coefficient (Wildman–Crippen LogP) is 5.68. The van der Waals surface area contributed by atoms with Crippen LogP contribution in [-0.2, 0) is 22.6 Å². The van der Waals surface area contributed by atoms with Gasteiger partial charge >= 0.3 is 0 Å². The summed E-state index contributed by atoms with van der Waals surface area (Å²) in [7, 11) is 0. The Kier molecular flexibility index (Phi) is 6.75. The molecular weight excluding hydrogens is 394 g/mol. The van der Waals surface area contributed by atoms with Crippen LogP contribution in [0.4, 0.5) is 0 Å². The van der Waals surface area contributed by atoms with Gasteiger partial charge in [-0.15, -0.1) is 11.3 Å². The Morgan fingerprint density at radius 2 is 1.57 bits per heavy atom. The number of thiophene rings is 1. The lowest BCUT2D eigenvalue weighted by Crippen LogP contribution is -2.33. The largest absolute Gasteiger partial charge is 0.467 e. The molecule has 0 aliphatic carbocycles. The zero-order chi connectivity index (χ0) is 20.6. The van der Waals surface area contributed by atoms with Crippen LogP contribution in [0.2, 0.25) is 0 Å². The highest BCUT2D eigenvalue weighted by atomic mass is 32.1. The summed E-state index contributed by atoms with van der Waals surface area (Å²) < 4.78 is 11.6. The van der Waals surface area contributed by atoms with E-state index in [4.69, 9.17) is 9.15 Å². The zero-order valence-electron chi connectivity index (χ0n) is 16.5. The third-order valence-electron chi connectivity index (χ3n) is 4.78. The van der Waals surface area contributed by atoms with Gasteiger partial charge in [0.25, 0.3) is 0 Å². The number of carbonyl (C=O) groups is 1. The molecule has 2 heterocycles. The molecule has 1 amide bonds.